The number of carbonyl (C=O) groups excluding carboxylic acids is 2. The molecule has 0 aromatic carbocycles. The monoisotopic (exact) mass is 281 g/mol. The summed E-state index contributed by atoms with van der Waals surface area (Å²) < 4.78 is 0. The van der Waals surface area contributed by atoms with Crippen LogP contribution in [-0.2, 0) is 4.79 Å². The third-order valence-corrected chi connectivity index (χ3v) is 5.24. The lowest BCUT2D eigenvalue weighted by Crippen LogP contribution is -2.57. The quantitative estimate of drug-likeness (QED) is 0.825. The second kappa shape index (κ2) is 6.02. The molecule has 2 atom stereocenters. The molecule has 0 bridgehead atoms. The zero-order chi connectivity index (χ0) is 14.8. The highest BCUT2D eigenvalue weighted by molar-refractivity contribution is 5.86. The number of nitrogens with two attached hydrogens (primary N) is 1. The molecular formula is C15H27N3O2. The van der Waals surface area contributed by atoms with Crippen molar-refractivity contribution in [2.75, 3.05) is 13.1 Å². The zero-order valence-electron chi connectivity index (χ0n) is 12.7. The summed E-state index contributed by atoms with van der Waals surface area (Å²) >= 11 is 0. The van der Waals surface area contributed by atoms with Crippen molar-refractivity contribution in [3.8, 4) is 0 Å². The molecule has 1 saturated heterocycles. The first-order valence-corrected chi connectivity index (χ1v) is 7.83. The van der Waals surface area contributed by atoms with Crippen LogP contribution >= 0.6 is 0 Å². The summed E-state index contributed by atoms with van der Waals surface area (Å²) in [5, 5.41) is 2.60. The fourth-order valence-corrected chi connectivity index (χ4v) is 3.68. The summed E-state index contributed by atoms with van der Waals surface area (Å²) in [5.41, 5.74) is 5.53. The van der Waals surface area contributed by atoms with Gasteiger partial charge in [-0.05, 0) is 37.0 Å². The Morgan fingerprint density at radius 3 is 2.65 bits per heavy atom. The average Bonchev–Trinajstić information content (AvgIpc) is 2.35. The van der Waals surface area contributed by atoms with Gasteiger partial charge in [-0.3, -0.25) is 4.79 Å². The lowest BCUT2D eigenvalue weighted by Gasteiger charge is -2.53. The van der Waals surface area contributed by atoms with Gasteiger partial charge in [0.2, 0.25) is 5.91 Å². The predicted octanol–water partition coefficient (Wildman–Crippen LogP) is 1.86. The topological polar surface area (TPSA) is 75.4 Å². The highest BCUT2D eigenvalue weighted by atomic mass is 16.2. The Hall–Kier alpha value is -1.26. The third-order valence-electron chi connectivity index (χ3n) is 5.24. The molecule has 2 rings (SSSR count). The van der Waals surface area contributed by atoms with E-state index in [1.165, 1.54) is 19.3 Å². The van der Waals surface area contributed by atoms with Gasteiger partial charge in [0.1, 0.15) is 6.04 Å². The molecular weight excluding hydrogens is 254 g/mol. The number of primary amides is 1. The second-order valence-corrected chi connectivity index (χ2v) is 6.52. The van der Waals surface area contributed by atoms with Crippen LogP contribution in [0, 0.1) is 11.3 Å². The van der Waals surface area contributed by atoms with Crippen LogP contribution in [0.4, 0.5) is 4.79 Å². The van der Waals surface area contributed by atoms with Gasteiger partial charge in [-0.25, -0.2) is 4.79 Å². The van der Waals surface area contributed by atoms with Gasteiger partial charge in [0.15, 0.2) is 0 Å². The van der Waals surface area contributed by atoms with Crippen LogP contribution < -0.4 is 11.1 Å². The van der Waals surface area contributed by atoms with E-state index in [2.05, 4.69) is 12.2 Å². The van der Waals surface area contributed by atoms with Crippen LogP contribution in [0.1, 0.15) is 52.4 Å². The molecule has 0 radical (unpaired) electrons. The van der Waals surface area contributed by atoms with Crippen molar-refractivity contribution in [3.05, 3.63) is 0 Å². The van der Waals surface area contributed by atoms with Crippen molar-refractivity contribution in [1.29, 1.82) is 0 Å². The predicted molar refractivity (Wildman–Crippen MR) is 78.1 cm³/mol. The molecule has 2 aliphatic rings. The van der Waals surface area contributed by atoms with Crippen LogP contribution in [0.25, 0.3) is 0 Å². The number of carbonyl (C=O) groups is 2. The number of hydrogen-bond donors (Lipinski definition) is 2. The number of rotatable bonds is 4. The van der Waals surface area contributed by atoms with Gasteiger partial charge in [-0.15, -0.1) is 0 Å². The summed E-state index contributed by atoms with van der Waals surface area (Å²) in [5.74, 6) is 0.748. The van der Waals surface area contributed by atoms with Gasteiger partial charge < -0.3 is 16.0 Å². The van der Waals surface area contributed by atoms with Crippen molar-refractivity contribution in [1.82, 2.24) is 10.2 Å². The number of urea groups is 1. The smallest absolute Gasteiger partial charge is 0.312 e. The fourth-order valence-electron chi connectivity index (χ4n) is 3.68. The van der Waals surface area contributed by atoms with Crippen LogP contribution in [-0.4, -0.2) is 36.0 Å². The average molecular weight is 281 g/mol. The minimum absolute atomic E-state index is 0.0452. The Balaban J connectivity index is 2.01. The summed E-state index contributed by atoms with van der Waals surface area (Å²) in [6.07, 6.45) is 6.33. The van der Waals surface area contributed by atoms with Gasteiger partial charge in [0, 0.05) is 13.1 Å². The van der Waals surface area contributed by atoms with E-state index in [1.54, 1.807) is 0 Å². The maximum atomic E-state index is 12.6. The van der Waals surface area contributed by atoms with E-state index in [4.69, 9.17) is 5.73 Å². The molecule has 1 aliphatic carbocycles. The number of nitrogens with one attached hydrogen (secondary N) is 1. The first-order chi connectivity index (χ1) is 9.48. The van der Waals surface area contributed by atoms with Gasteiger partial charge in [0.05, 0.1) is 0 Å². The van der Waals surface area contributed by atoms with Crippen molar-refractivity contribution in [2.45, 2.75) is 58.4 Å². The first-order valence-electron chi connectivity index (χ1n) is 7.83. The largest absolute Gasteiger partial charge is 0.352 e. The molecule has 0 aromatic rings. The molecule has 1 aliphatic heterocycles. The van der Waals surface area contributed by atoms with E-state index < -0.39 is 12.1 Å². The van der Waals surface area contributed by atoms with E-state index in [1.807, 2.05) is 11.8 Å². The first kappa shape index (κ1) is 15.1. The van der Waals surface area contributed by atoms with E-state index in [0.717, 1.165) is 25.9 Å². The SMILES string of the molecule is CCC[C@@H](NC(N)=O)C(=O)N1CCC(C)C2(CCC2)C1. The van der Waals surface area contributed by atoms with Gasteiger partial charge in [-0.1, -0.05) is 26.7 Å². The maximum Gasteiger partial charge on any atom is 0.312 e. The van der Waals surface area contributed by atoms with E-state index in [9.17, 15) is 9.59 Å². The minimum Gasteiger partial charge on any atom is -0.352 e. The molecule has 1 unspecified atom stereocenters. The Morgan fingerprint density at radius 1 is 1.45 bits per heavy atom. The number of amides is 3. The molecule has 20 heavy (non-hydrogen) atoms. The lowest BCUT2D eigenvalue weighted by atomic mass is 9.59. The molecule has 1 saturated carbocycles. The highest BCUT2D eigenvalue weighted by Crippen LogP contribution is 2.50. The molecule has 2 fully saturated rings. The van der Waals surface area contributed by atoms with Gasteiger partial charge in [-0.2, -0.15) is 0 Å². The van der Waals surface area contributed by atoms with E-state index in [0.29, 0.717) is 17.8 Å². The Morgan fingerprint density at radius 2 is 2.15 bits per heavy atom. The second-order valence-electron chi connectivity index (χ2n) is 6.52. The molecule has 0 aromatic heterocycles. The van der Waals surface area contributed by atoms with Crippen molar-refractivity contribution in [3.63, 3.8) is 0 Å². The van der Waals surface area contributed by atoms with Gasteiger partial charge >= 0.3 is 6.03 Å². The standard InChI is InChI=1S/C15H27N3O2/c1-3-5-12(17-14(16)20)13(19)18-9-6-11(2)15(10-18)7-4-8-15/h11-12H,3-10H2,1-2H3,(H3,16,17,20)/t11?,12-/m1/s1. The molecule has 3 amide bonds. The van der Waals surface area contributed by atoms with Gasteiger partial charge in [0.25, 0.3) is 0 Å². The Labute approximate surface area is 121 Å². The third kappa shape index (κ3) is 2.91. The van der Waals surface area contributed by atoms with Crippen LogP contribution in [0.5, 0.6) is 0 Å². The lowest BCUT2D eigenvalue weighted by molar-refractivity contribution is -0.141. The molecule has 3 N–H and O–H groups in total. The van der Waals surface area contributed by atoms with E-state index >= 15 is 0 Å². The maximum absolute atomic E-state index is 12.6. The van der Waals surface area contributed by atoms with Crippen molar-refractivity contribution < 1.29 is 9.59 Å². The van der Waals surface area contributed by atoms with Crippen molar-refractivity contribution >= 4 is 11.9 Å². The molecule has 5 heteroatoms. The summed E-state index contributed by atoms with van der Waals surface area (Å²) in [4.78, 5) is 25.6. The van der Waals surface area contributed by atoms with E-state index in [-0.39, 0.29) is 5.91 Å². The zero-order valence-corrected chi connectivity index (χ0v) is 12.7. The van der Waals surface area contributed by atoms with Crippen LogP contribution in [0.3, 0.4) is 0 Å². The number of likely N-dealkylation sites (tertiary alicyclic amines) is 1. The minimum atomic E-state index is -0.611. The molecule has 114 valence electrons. The van der Waals surface area contributed by atoms with Crippen molar-refractivity contribution in [2.24, 2.45) is 17.1 Å². The Bertz CT molecular complexity index is 379. The molecule has 5 nitrogen and oxygen atoms in total. The Kier molecular flexibility index (Phi) is 4.55. The normalized spacial score (nSPS) is 25.9. The number of hydrogen-bond acceptors (Lipinski definition) is 2. The highest BCUT2D eigenvalue weighted by Gasteiger charge is 2.46. The van der Waals surface area contributed by atoms with Crippen LogP contribution in [0.15, 0.2) is 0 Å². The molecule has 1 heterocycles. The summed E-state index contributed by atoms with van der Waals surface area (Å²) in [7, 11) is 0. The fraction of sp³-hybridized carbons (Fsp3) is 0.867. The summed E-state index contributed by atoms with van der Waals surface area (Å²) in [6, 6.07) is -1.07. The summed E-state index contributed by atoms with van der Waals surface area (Å²) in [6.45, 7) is 5.98. The molecule has 1 spiro atoms. The van der Waals surface area contributed by atoms with Crippen LogP contribution in [0.2, 0.25) is 0 Å². The number of nitrogens with zero attached hydrogens (tertiary/aromatic N) is 1. The number of piperidine rings is 1.